The van der Waals surface area contributed by atoms with Gasteiger partial charge in [-0.25, -0.2) is 13.4 Å². The summed E-state index contributed by atoms with van der Waals surface area (Å²) in [5.41, 5.74) is 4.91. The lowest BCUT2D eigenvalue weighted by Crippen LogP contribution is -2.30. The molecule has 8 heteroatoms. The highest BCUT2D eigenvalue weighted by Gasteiger charge is 2.01. The number of carbonyl (C=O) groups excluding carboxylic acids is 1. The third-order valence-electron chi connectivity index (χ3n) is 1.37. The number of nitrogens with zero attached hydrogens (tertiary/aromatic N) is 3. The highest BCUT2D eigenvalue weighted by molar-refractivity contribution is 7.89. The van der Waals surface area contributed by atoms with Crippen LogP contribution in [-0.2, 0) is 21.4 Å². The molecule has 1 amide bonds. The Morgan fingerprint density at radius 3 is 2.87 bits per heavy atom. The van der Waals surface area contributed by atoms with E-state index in [-0.39, 0.29) is 12.2 Å². The quantitative estimate of drug-likeness (QED) is 0.662. The largest absolute Gasteiger partial charge is 0.368 e. The van der Waals surface area contributed by atoms with Crippen molar-refractivity contribution in [2.45, 2.75) is 6.54 Å². The third kappa shape index (κ3) is 3.90. The number of primary amides is 1. The maximum Gasteiger partial charge on any atom is 0.253 e. The van der Waals surface area contributed by atoms with Gasteiger partial charge in [-0.1, -0.05) is 0 Å². The summed E-state index contributed by atoms with van der Waals surface area (Å²) in [5, 5.41) is 0. The van der Waals surface area contributed by atoms with Crippen molar-refractivity contribution >= 4 is 15.9 Å². The van der Waals surface area contributed by atoms with Crippen LogP contribution in [0.1, 0.15) is 0 Å². The summed E-state index contributed by atoms with van der Waals surface area (Å²) in [4.78, 5) is 14.4. The lowest BCUT2D eigenvalue weighted by atomic mass is 10.5. The molecule has 1 rings (SSSR count). The molecule has 0 saturated heterocycles. The Kier molecular flexibility index (Phi) is 3.20. The zero-order chi connectivity index (χ0) is 11.5. The van der Waals surface area contributed by atoms with Crippen molar-refractivity contribution in [2.24, 2.45) is 10.1 Å². The number of rotatable bonds is 3. The van der Waals surface area contributed by atoms with E-state index in [1.165, 1.54) is 17.0 Å². The van der Waals surface area contributed by atoms with Gasteiger partial charge < -0.3 is 10.3 Å². The van der Waals surface area contributed by atoms with Crippen LogP contribution >= 0.6 is 0 Å². The Morgan fingerprint density at radius 1 is 1.67 bits per heavy atom. The molecule has 0 aliphatic rings. The minimum absolute atomic E-state index is 0.0706. The number of sulfonamides is 1. The molecule has 0 atom stereocenters. The molecule has 0 radical (unpaired) electrons. The zero-order valence-electron chi connectivity index (χ0n) is 7.99. The van der Waals surface area contributed by atoms with Crippen LogP contribution in [0.5, 0.6) is 0 Å². The molecule has 0 spiro atoms. The first-order chi connectivity index (χ1) is 6.88. The Morgan fingerprint density at radius 2 is 2.33 bits per heavy atom. The summed E-state index contributed by atoms with van der Waals surface area (Å²) in [6.07, 6.45) is 3.79. The molecule has 15 heavy (non-hydrogen) atoms. The van der Waals surface area contributed by atoms with Crippen molar-refractivity contribution in [1.29, 1.82) is 0 Å². The van der Waals surface area contributed by atoms with Gasteiger partial charge in [-0.3, -0.25) is 4.79 Å². The standard InChI is InChI=1S/C7H10N4O3S/c1-15(13,14)10-7-9-3-2-4-11(7)5-6(8)12/h2-4H,5H2,1H3,(H2,8,12)/b10-7+. The number of nitrogens with two attached hydrogens (primary N) is 1. The van der Waals surface area contributed by atoms with Gasteiger partial charge in [0.1, 0.15) is 6.54 Å². The topological polar surface area (TPSA) is 107 Å². The lowest BCUT2D eigenvalue weighted by Gasteiger charge is -2.01. The first kappa shape index (κ1) is 11.4. The van der Waals surface area contributed by atoms with Crippen LogP contribution in [0, 0.1) is 0 Å². The minimum Gasteiger partial charge on any atom is -0.368 e. The maximum absolute atomic E-state index is 10.9. The SMILES string of the molecule is CS(=O)(=O)/N=c1\ncccn1CC(N)=O. The van der Waals surface area contributed by atoms with Crippen LogP contribution < -0.4 is 11.4 Å². The Bertz CT molecular complexity index is 531. The highest BCUT2D eigenvalue weighted by Crippen LogP contribution is 1.83. The molecule has 1 heterocycles. The van der Waals surface area contributed by atoms with Gasteiger partial charge in [0.2, 0.25) is 11.5 Å². The summed E-state index contributed by atoms with van der Waals surface area (Å²) in [5.74, 6) is -0.599. The molecule has 0 saturated carbocycles. The number of amides is 1. The predicted octanol–water partition coefficient (Wildman–Crippen LogP) is -1.77. The van der Waals surface area contributed by atoms with Crippen LogP contribution in [-0.4, -0.2) is 30.1 Å². The van der Waals surface area contributed by atoms with Gasteiger partial charge in [0, 0.05) is 12.4 Å². The number of hydrogen-bond acceptors (Lipinski definition) is 4. The van der Waals surface area contributed by atoms with Gasteiger partial charge in [-0.05, 0) is 6.07 Å². The fourth-order valence-electron chi connectivity index (χ4n) is 0.909. The minimum atomic E-state index is -3.55. The number of aromatic nitrogens is 2. The molecule has 0 aromatic carbocycles. The maximum atomic E-state index is 10.9. The van der Waals surface area contributed by atoms with Crippen LogP contribution in [0.3, 0.4) is 0 Å². The lowest BCUT2D eigenvalue weighted by molar-refractivity contribution is -0.118. The highest BCUT2D eigenvalue weighted by atomic mass is 32.2. The smallest absolute Gasteiger partial charge is 0.253 e. The first-order valence-electron chi connectivity index (χ1n) is 3.94. The molecule has 0 aliphatic heterocycles. The zero-order valence-corrected chi connectivity index (χ0v) is 8.81. The average Bonchev–Trinajstić information content (AvgIpc) is 2.05. The van der Waals surface area contributed by atoms with E-state index in [4.69, 9.17) is 5.73 Å². The molecule has 1 aromatic rings. The summed E-state index contributed by atoms with van der Waals surface area (Å²) in [7, 11) is -3.55. The molecule has 0 bridgehead atoms. The molecule has 7 nitrogen and oxygen atoms in total. The van der Waals surface area contributed by atoms with E-state index in [0.717, 1.165) is 6.26 Å². The van der Waals surface area contributed by atoms with Gasteiger partial charge in [-0.2, -0.15) is 0 Å². The molecule has 82 valence electrons. The van der Waals surface area contributed by atoms with Crippen molar-refractivity contribution in [3.05, 3.63) is 24.1 Å². The van der Waals surface area contributed by atoms with Gasteiger partial charge in [0.25, 0.3) is 10.0 Å². The summed E-state index contributed by atoms with van der Waals surface area (Å²) in [6, 6.07) is 1.55. The van der Waals surface area contributed by atoms with Gasteiger partial charge in [0.15, 0.2) is 0 Å². The summed E-state index contributed by atoms with van der Waals surface area (Å²) in [6.45, 7) is -0.164. The Labute approximate surface area is 86.3 Å². The van der Waals surface area contributed by atoms with Crippen LogP contribution in [0.15, 0.2) is 22.9 Å². The molecular formula is C7H10N4O3S. The van der Waals surface area contributed by atoms with Gasteiger partial charge in [-0.15, -0.1) is 4.40 Å². The van der Waals surface area contributed by atoms with E-state index in [1.54, 1.807) is 6.07 Å². The monoisotopic (exact) mass is 230 g/mol. The summed E-state index contributed by atoms with van der Waals surface area (Å²) >= 11 is 0. The average molecular weight is 230 g/mol. The van der Waals surface area contributed by atoms with E-state index >= 15 is 0 Å². The number of hydrogen-bond donors (Lipinski definition) is 1. The fourth-order valence-corrected chi connectivity index (χ4v) is 1.36. The second-order valence-electron chi connectivity index (χ2n) is 2.84. The van der Waals surface area contributed by atoms with Crippen LogP contribution in [0.4, 0.5) is 0 Å². The molecule has 0 unspecified atom stereocenters. The second kappa shape index (κ2) is 4.22. The van der Waals surface area contributed by atoms with Crippen molar-refractivity contribution in [1.82, 2.24) is 9.55 Å². The molecule has 2 N–H and O–H groups in total. The number of carbonyl (C=O) groups is 1. The van der Waals surface area contributed by atoms with Crippen molar-refractivity contribution in [2.75, 3.05) is 6.26 Å². The van der Waals surface area contributed by atoms with E-state index in [0.29, 0.717) is 0 Å². The summed E-state index contributed by atoms with van der Waals surface area (Å²) < 4.78 is 26.4. The van der Waals surface area contributed by atoms with Gasteiger partial charge >= 0.3 is 0 Å². The Balaban J connectivity index is 3.30. The third-order valence-corrected chi connectivity index (χ3v) is 1.87. The van der Waals surface area contributed by atoms with Gasteiger partial charge in [0.05, 0.1) is 6.26 Å². The molecule has 1 aromatic heterocycles. The van der Waals surface area contributed by atoms with Crippen molar-refractivity contribution in [3.63, 3.8) is 0 Å². The fraction of sp³-hybridized carbons (Fsp3) is 0.286. The van der Waals surface area contributed by atoms with E-state index in [1.807, 2.05) is 0 Å². The van der Waals surface area contributed by atoms with Crippen molar-refractivity contribution in [3.8, 4) is 0 Å². The second-order valence-corrected chi connectivity index (χ2v) is 4.49. The first-order valence-corrected chi connectivity index (χ1v) is 5.79. The molecular weight excluding hydrogens is 220 g/mol. The van der Waals surface area contributed by atoms with E-state index in [2.05, 4.69) is 9.38 Å². The van der Waals surface area contributed by atoms with Crippen LogP contribution in [0.2, 0.25) is 0 Å². The van der Waals surface area contributed by atoms with Crippen molar-refractivity contribution < 1.29 is 13.2 Å². The van der Waals surface area contributed by atoms with E-state index in [9.17, 15) is 13.2 Å². The molecule has 0 fully saturated rings. The van der Waals surface area contributed by atoms with E-state index < -0.39 is 15.9 Å². The van der Waals surface area contributed by atoms with Crippen LogP contribution in [0.25, 0.3) is 0 Å². The Hall–Kier alpha value is -1.70. The predicted molar refractivity (Wildman–Crippen MR) is 51.8 cm³/mol. The molecule has 0 aliphatic carbocycles. The normalized spacial score (nSPS) is 12.7.